The minimum absolute atomic E-state index is 0.00833. The zero-order chi connectivity index (χ0) is 15.1. The van der Waals surface area contributed by atoms with Gasteiger partial charge in [0.05, 0.1) is 5.56 Å². The number of rotatable bonds is 6. The van der Waals surface area contributed by atoms with E-state index in [1.807, 2.05) is 0 Å². The van der Waals surface area contributed by atoms with Crippen LogP contribution < -0.4 is 9.88 Å². The van der Waals surface area contributed by atoms with Gasteiger partial charge < -0.3 is 5.32 Å². The molecule has 0 aromatic carbocycles. The fourth-order valence-electron chi connectivity index (χ4n) is 2.54. The molecular formula is C17H23N2O2+. The third kappa shape index (κ3) is 5.14. The van der Waals surface area contributed by atoms with Crippen molar-refractivity contribution in [2.24, 2.45) is 0 Å². The van der Waals surface area contributed by atoms with Gasteiger partial charge in [-0.3, -0.25) is 9.59 Å². The highest BCUT2D eigenvalue weighted by Crippen LogP contribution is 2.19. The number of amides is 1. The lowest BCUT2D eigenvalue weighted by Crippen LogP contribution is -2.43. The van der Waals surface area contributed by atoms with Gasteiger partial charge in [0.2, 0.25) is 6.54 Å². The van der Waals surface area contributed by atoms with Crippen LogP contribution in [0.3, 0.4) is 0 Å². The first-order valence-electron chi connectivity index (χ1n) is 7.60. The molecule has 1 aliphatic rings. The number of pyridine rings is 1. The Morgan fingerprint density at radius 3 is 2.90 bits per heavy atom. The Morgan fingerprint density at radius 1 is 1.33 bits per heavy atom. The Hall–Kier alpha value is -1.97. The summed E-state index contributed by atoms with van der Waals surface area (Å²) < 4.78 is 1.74. The monoisotopic (exact) mass is 287 g/mol. The molecule has 0 unspecified atom stereocenters. The zero-order valence-corrected chi connectivity index (χ0v) is 12.6. The van der Waals surface area contributed by atoms with Crippen LogP contribution >= 0.6 is 0 Å². The number of nitrogens with zero attached hydrogens (tertiary/aromatic N) is 1. The number of carbonyl (C=O) groups excluding carboxylic acids is 2. The van der Waals surface area contributed by atoms with Gasteiger partial charge in [0, 0.05) is 12.6 Å². The Balaban J connectivity index is 1.77. The van der Waals surface area contributed by atoms with E-state index in [1.54, 1.807) is 29.1 Å². The van der Waals surface area contributed by atoms with E-state index in [2.05, 4.69) is 11.4 Å². The van der Waals surface area contributed by atoms with E-state index in [-0.39, 0.29) is 18.2 Å². The predicted octanol–water partition coefficient (Wildman–Crippen LogP) is 2.18. The number of carbonyl (C=O) groups is 2. The van der Waals surface area contributed by atoms with Gasteiger partial charge in [-0.05, 0) is 45.1 Å². The van der Waals surface area contributed by atoms with Crippen LogP contribution in [-0.4, -0.2) is 18.2 Å². The van der Waals surface area contributed by atoms with Gasteiger partial charge in [-0.1, -0.05) is 11.6 Å². The highest BCUT2D eigenvalue weighted by Gasteiger charge is 2.11. The van der Waals surface area contributed by atoms with Gasteiger partial charge in [0.25, 0.3) is 5.91 Å². The van der Waals surface area contributed by atoms with E-state index >= 15 is 0 Å². The smallest absolute Gasteiger partial charge is 0.285 e. The molecule has 2 rings (SSSR count). The van der Waals surface area contributed by atoms with Crippen molar-refractivity contribution in [1.82, 2.24) is 5.32 Å². The van der Waals surface area contributed by atoms with Gasteiger partial charge in [-0.15, -0.1) is 0 Å². The van der Waals surface area contributed by atoms with Crippen LogP contribution in [0.25, 0.3) is 0 Å². The summed E-state index contributed by atoms with van der Waals surface area (Å²) in [7, 11) is 0. The zero-order valence-electron chi connectivity index (χ0n) is 12.6. The molecule has 1 heterocycles. The van der Waals surface area contributed by atoms with Crippen molar-refractivity contribution < 1.29 is 14.2 Å². The van der Waals surface area contributed by atoms with Crippen LogP contribution in [-0.2, 0) is 11.3 Å². The average molecular weight is 287 g/mol. The lowest BCUT2D eigenvalue weighted by molar-refractivity contribution is -0.684. The Morgan fingerprint density at radius 2 is 2.19 bits per heavy atom. The SMILES string of the molecule is CC(=O)c1ccc[n+](CC(=O)NCCC2=CCCCC2)c1. The van der Waals surface area contributed by atoms with Crippen molar-refractivity contribution in [1.29, 1.82) is 0 Å². The second-order valence-electron chi connectivity index (χ2n) is 5.53. The largest absolute Gasteiger partial charge is 0.350 e. The maximum absolute atomic E-state index is 11.9. The number of aromatic nitrogens is 1. The molecule has 0 bridgehead atoms. The normalized spacial score (nSPS) is 14.4. The molecule has 1 N–H and O–H groups in total. The molecule has 0 atom stereocenters. The van der Waals surface area contributed by atoms with Crippen LogP contribution in [0.15, 0.2) is 36.2 Å². The summed E-state index contributed by atoms with van der Waals surface area (Å²) in [4.78, 5) is 23.2. The molecule has 0 radical (unpaired) electrons. The third-order valence-electron chi connectivity index (χ3n) is 3.74. The molecule has 21 heavy (non-hydrogen) atoms. The predicted molar refractivity (Wildman–Crippen MR) is 80.8 cm³/mol. The van der Waals surface area contributed by atoms with E-state index in [0.29, 0.717) is 12.1 Å². The standard InChI is InChI=1S/C17H22N2O2/c1-14(20)16-8-5-11-19(12-16)13-17(21)18-10-9-15-6-3-2-4-7-15/h5-6,8,11-12H,2-4,7,9-10,13H2,1H3/p+1. The lowest BCUT2D eigenvalue weighted by atomic mass is 9.97. The second kappa shape index (κ2) is 7.72. The number of Topliss-reactive ketones (excluding diaryl/α,β-unsaturated/α-hetero) is 1. The molecule has 1 aliphatic carbocycles. The van der Waals surface area contributed by atoms with Crippen LogP contribution in [0, 0.1) is 0 Å². The molecule has 0 fully saturated rings. The Kier molecular flexibility index (Phi) is 5.67. The third-order valence-corrected chi connectivity index (χ3v) is 3.74. The molecule has 1 amide bonds. The van der Waals surface area contributed by atoms with Crippen LogP contribution in [0.5, 0.6) is 0 Å². The molecule has 1 aromatic heterocycles. The molecule has 0 aliphatic heterocycles. The summed E-state index contributed by atoms with van der Waals surface area (Å²) >= 11 is 0. The number of hydrogen-bond acceptors (Lipinski definition) is 2. The van der Waals surface area contributed by atoms with Gasteiger partial charge >= 0.3 is 0 Å². The molecule has 4 nitrogen and oxygen atoms in total. The van der Waals surface area contributed by atoms with Gasteiger partial charge in [-0.2, -0.15) is 4.57 Å². The van der Waals surface area contributed by atoms with Crippen molar-refractivity contribution in [3.63, 3.8) is 0 Å². The van der Waals surface area contributed by atoms with E-state index in [9.17, 15) is 9.59 Å². The lowest BCUT2D eigenvalue weighted by Gasteiger charge is -2.12. The fraction of sp³-hybridized carbons (Fsp3) is 0.471. The Bertz CT molecular complexity index is 549. The first kappa shape index (κ1) is 15.4. The summed E-state index contributed by atoms with van der Waals surface area (Å²) in [6.45, 7) is 2.47. The molecule has 0 saturated heterocycles. The van der Waals surface area contributed by atoms with Crippen molar-refractivity contribution in [3.8, 4) is 0 Å². The minimum Gasteiger partial charge on any atom is -0.350 e. The minimum atomic E-state index is -0.0166. The first-order chi connectivity index (χ1) is 10.1. The quantitative estimate of drug-likeness (QED) is 0.495. The fourth-order valence-corrected chi connectivity index (χ4v) is 2.54. The molecule has 4 heteroatoms. The molecule has 1 aromatic rings. The maximum Gasteiger partial charge on any atom is 0.285 e. The van der Waals surface area contributed by atoms with Crippen LogP contribution in [0.2, 0.25) is 0 Å². The van der Waals surface area contributed by atoms with Gasteiger partial charge in [-0.25, -0.2) is 0 Å². The van der Waals surface area contributed by atoms with E-state index < -0.39 is 0 Å². The molecule has 0 spiro atoms. The van der Waals surface area contributed by atoms with E-state index in [0.717, 1.165) is 6.42 Å². The average Bonchev–Trinajstić information content (AvgIpc) is 2.48. The van der Waals surface area contributed by atoms with Crippen LogP contribution in [0.4, 0.5) is 0 Å². The van der Waals surface area contributed by atoms with E-state index in [4.69, 9.17) is 0 Å². The van der Waals surface area contributed by atoms with Crippen LogP contribution in [0.1, 0.15) is 49.4 Å². The van der Waals surface area contributed by atoms with Gasteiger partial charge in [0.1, 0.15) is 0 Å². The highest BCUT2D eigenvalue weighted by molar-refractivity contribution is 5.93. The van der Waals surface area contributed by atoms with Gasteiger partial charge in [0.15, 0.2) is 18.2 Å². The molecule has 112 valence electrons. The van der Waals surface area contributed by atoms with Crippen molar-refractivity contribution in [2.75, 3.05) is 6.54 Å². The van der Waals surface area contributed by atoms with Crippen molar-refractivity contribution in [3.05, 3.63) is 41.7 Å². The number of ketones is 1. The number of nitrogens with one attached hydrogen (secondary N) is 1. The molecular weight excluding hydrogens is 264 g/mol. The molecule has 0 saturated carbocycles. The van der Waals surface area contributed by atoms with Crippen molar-refractivity contribution >= 4 is 11.7 Å². The summed E-state index contributed by atoms with van der Waals surface area (Å²) in [6, 6.07) is 3.54. The second-order valence-corrected chi connectivity index (χ2v) is 5.53. The summed E-state index contributed by atoms with van der Waals surface area (Å²) in [6.07, 6.45) is 11.7. The summed E-state index contributed by atoms with van der Waals surface area (Å²) in [5, 5.41) is 2.94. The van der Waals surface area contributed by atoms with E-state index in [1.165, 1.54) is 38.2 Å². The number of allylic oxidation sites excluding steroid dienone is 1. The summed E-state index contributed by atoms with van der Waals surface area (Å²) in [5.41, 5.74) is 2.09. The maximum atomic E-state index is 11.9. The Labute approximate surface area is 125 Å². The van der Waals surface area contributed by atoms with Crippen molar-refractivity contribution in [2.45, 2.75) is 45.6 Å². The number of hydrogen-bond donors (Lipinski definition) is 1. The highest BCUT2D eigenvalue weighted by atomic mass is 16.2. The summed E-state index contributed by atoms with van der Waals surface area (Å²) in [5.74, 6) is -0.00824. The first-order valence-corrected chi connectivity index (χ1v) is 7.60. The topological polar surface area (TPSA) is 50.0 Å².